The first-order valence-electron chi connectivity index (χ1n) is 10.5. The van der Waals surface area contributed by atoms with E-state index >= 15 is 0 Å². The number of aryl methyl sites for hydroxylation is 1. The summed E-state index contributed by atoms with van der Waals surface area (Å²) in [6, 6.07) is 16.8. The number of nitrogens with zero attached hydrogens (tertiary/aromatic N) is 2. The number of ketones is 1. The number of hydrogen-bond donors (Lipinski definition) is 1. The molecule has 1 amide bonds. The van der Waals surface area contributed by atoms with Gasteiger partial charge >= 0.3 is 5.91 Å². The van der Waals surface area contributed by atoms with E-state index in [0.29, 0.717) is 27.5 Å². The Morgan fingerprint density at radius 1 is 1.09 bits per heavy atom. The smallest absolute Gasteiger partial charge is 0.301 e. The third-order valence-corrected chi connectivity index (χ3v) is 6.73. The van der Waals surface area contributed by atoms with Crippen LogP contribution in [-0.4, -0.2) is 28.9 Å². The van der Waals surface area contributed by atoms with E-state index in [1.165, 1.54) is 41.5 Å². The van der Waals surface area contributed by atoms with E-state index in [-0.39, 0.29) is 11.3 Å². The van der Waals surface area contributed by atoms with Gasteiger partial charge in [0.25, 0.3) is 5.78 Å². The van der Waals surface area contributed by atoms with Crippen molar-refractivity contribution < 1.29 is 23.8 Å². The van der Waals surface area contributed by atoms with E-state index in [2.05, 4.69) is 4.98 Å². The molecule has 34 heavy (non-hydrogen) atoms. The number of carbonyl (C=O) groups is 2. The van der Waals surface area contributed by atoms with E-state index in [9.17, 15) is 19.1 Å². The van der Waals surface area contributed by atoms with Gasteiger partial charge in [0.1, 0.15) is 17.3 Å². The highest BCUT2D eigenvalue weighted by molar-refractivity contribution is 7.22. The number of aliphatic hydroxyl groups is 1. The van der Waals surface area contributed by atoms with Gasteiger partial charge in [-0.05, 0) is 66.6 Å². The predicted octanol–water partition coefficient (Wildman–Crippen LogP) is 5.38. The van der Waals surface area contributed by atoms with Crippen LogP contribution in [0.15, 0.2) is 72.3 Å². The lowest BCUT2D eigenvalue weighted by atomic mass is 9.95. The molecule has 0 aliphatic carbocycles. The van der Waals surface area contributed by atoms with Gasteiger partial charge in [-0.15, -0.1) is 0 Å². The second kappa shape index (κ2) is 8.39. The molecular formula is C26H19FN2O4S. The second-order valence-corrected chi connectivity index (χ2v) is 8.93. The molecule has 1 saturated heterocycles. The van der Waals surface area contributed by atoms with Gasteiger partial charge in [-0.2, -0.15) is 0 Å². The number of thiazole rings is 1. The lowest BCUT2D eigenvalue weighted by Crippen LogP contribution is -2.29. The Morgan fingerprint density at radius 2 is 1.85 bits per heavy atom. The maximum absolute atomic E-state index is 14.2. The van der Waals surface area contributed by atoms with Gasteiger partial charge in [-0.1, -0.05) is 29.5 Å². The van der Waals surface area contributed by atoms with Gasteiger partial charge in [0, 0.05) is 5.56 Å². The molecule has 8 heteroatoms. The van der Waals surface area contributed by atoms with Gasteiger partial charge in [-0.25, -0.2) is 9.37 Å². The average Bonchev–Trinajstić information content (AvgIpc) is 3.36. The standard InChI is InChI=1S/C26H19FN2O4S/c1-14-6-11-19-20(12-14)34-26(28-19)29-22(16-4-3-5-17(27)13-16)21(24(31)25(29)32)23(30)15-7-9-18(33-2)10-8-15/h3-13,22,30H,1-2H3/b23-21+. The molecule has 6 nitrogen and oxygen atoms in total. The SMILES string of the molecule is COc1ccc(/C(O)=C2\C(=O)C(=O)N(c3nc4ccc(C)cc4s3)C2c2cccc(F)c2)cc1. The molecule has 0 saturated carbocycles. The summed E-state index contributed by atoms with van der Waals surface area (Å²) in [7, 11) is 1.52. The number of carbonyl (C=O) groups excluding carboxylic acids is 2. The zero-order chi connectivity index (χ0) is 24.0. The number of halogens is 1. The molecule has 1 unspecified atom stereocenters. The number of fused-ring (bicyclic) bond motifs is 1. The summed E-state index contributed by atoms with van der Waals surface area (Å²) in [5, 5.41) is 11.4. The molecule has 1 aliphatic heterocycles. The Hall–Kier alpha value is -4.04. The average molecular weight is 475 g/mol. The minimum absolute atomic E-state index is 0.129. The summed E-state index contributed by atoms with van der Waals surface area (Å²) in [6.07, 6.45) is 0. The first-order chi connectivity index (χ1) is 16.4. The minimum Gasteiger partial charge on any atom is -0.507 e. The lowest BCUT2D eigenvalue weighted by molar-refractivity contribution is -0.132. The number of hydrogen-bond acceptors (Lipinski definition) is 6. The normalized spacial score (nSPS) is 17.5. The van der Waals surface area contributed by atoms with E-state index < -0.39 is 23.5 Å². The molecule has 0 radical (unpaired) electrons. The molecule has 4 aromatic rings. The molecule has 1 atom stereocenters. The number of benzene rings is 3. The monoisotopic (exact) mass is 474 g/mol. The zero-order valence-corrected chi connectivity index (χ0v) is 19.1. The topological polar surface area (TPSA) is 79.7 Å². The summed E-state index contributed by atoms with van der Waals surface area (Å²) < 4.78 is 20.2. The van der Waals surface area contributed by atoms with Crippen LogP contribution < -0.4 is 9.64 Å². The number of aliphatic hydroxyl groups excluding tert-OH is 1. The van der Waals surface area contributed by atoms with Gasteiger partial charge < -0.3 is 9.84 Å². The van der Waals surface area contributed by atoms with Crippen LogP contribution in [0.25, 0.3) is 16.0 Å². The van der Waals surface area contributed by atoms with Crippen molar-refractivity contribution in [2.24, 2.45) is 0 Å². The first-order valence-corrected chi connectivity index (χ1v) is 11.3. The third-order valence-electron chi connectivity index (χ3n) is 5.71. The van der Waals surface area contributed by atoms with Crippen molar-refractivity contribution in [3.05, 3.63) is 94.8 Å². The van der Waals surface area contributed by atoms with Gasteiger partial charge in [0.05, 0.1) is 28.9 Å². The maximum atomic E-state index is 14.2. The third kappa shape index (κ3) is 3.62. The van der Waals surface area contributed by atoms with E-state index in [1.807, 2.05) is 25.1 Å². The van der Waals surface area contributed by atoms with E-state index in [1.54, 1.807) is 30.3 Å². The largest absolute Gasteiger partial charge is 0.507 e. The zero-order valence-electron chi connectivity index (χ0n) is 18.3. The number of rotatable bonds is 4. The minimum atomic E-state index is -1.04. The van der Waals surface area contributed by atoms with Crippen LogP contribution in [0.5, 0.6) is 5.75 Å². The van der Waals surface area contributed by atoms with E-state index in [4.69, 9.17) is 4.74 Å². The van der Waals surface area contributed by atoms with Gasteiger partial charge in [-0.3, -0.25) is 14.5 Å². The Kier molecular flexibility index (Phi) is 5.37. The van der Waals surface area contributed by atoms with Crippen LogP contribution in [0.1, 0.15) is 22.7 Å². The fourth-order valence-corrected chi connectivity index (χ4v) is 5.14. The Bertz CT molecular complexity index is 1480. The molecular weight excluding hydrogens is 455 g/mol. The van der Waals surface area contributed by atoms with Crippen molar-refractivity contribution in [2.45, 2.75) is 13.0 Å². The molecule has 0 spiro atoms. The number of anilines is 1. The van der Waals surface area contributed by atoms with Crippen molar-refractivity contribution in [1.82, 2.24) is 4.98 Å². The van der Waals surface area contributed by atoms with Crippen LogP contribution in [0.2, 0.25) is 0 Å². The van der Waals surface area contributed by atoms with Crippen LogP contribution in [0.4, 0.5) is 9.52 Å². The predicted molar refractivity (Wildman–Crippen MR) is 129 cm³/mol. The van der Waals surface area contributed by atoms with E-state index in [0.717, 1.165) is 10.3 Å². The van der Waals surface area contributed by atoms with Gasteiger partial charge in [0.2, 0.25) is 0 Å². The molecule has 1 N–H and O–H groups in total. The highest BCUT2D eigenvalue weighted by Gasteiger charge is 2.48. The Labute approximate surface area is 198 Å². The second-order valence-electron chi connectivity index (χ2n) is 7.92. The quantitative estimate of drug-likeness (QED) is 0.244. The Balaban J connectivity index is 1.72. The molecule has 0 bridgehead atoms. The molecule has 5 rings (SSSR count). The van der Waals surface area contributed by atoms with Gasteiger partial charge in [0.15, 0.2) is 5.13 Å². The summed E-state index contributed by atoms with van der Waals surface area (Å²) >= 11 is 1.26. The summed E-state index contributed by atoms with van der Waals surface area (Å²) in [5.74, 6) is -2.00. The maximum Gasteiger partial charge on any atom is 0.301 e. The van der Waals surface area contributed by atoms with Crippen LogP contribution in [0.3, 0.4) is 0 Å². The van der Waals surface area contributed by atoms with Crippen LogP contribution >= 0.6 is 11.3 Å². The Morgan fingerprint density at radius 3 is 2.56 bits per heavy atom. The number of methoxy groups -OCH3 is 1. The first kappa shape index (κ1) is 21.8. The number of ether oxygens (including phenoxy) is 1. The molecule has 1 aromatic heterocycles. The lowest BCUT2D eigenvalue weighted by Gasteiger charge is -2.23. The number of Topliss-reactive ketones (excluding diaryl/α,β-unsaturated/α-hetero) is 1. The highest BCUT2D eigenvalue weighted by atomic mass is 32.1. The summed E-state index contributed by atoms with van der Waals surface area (Å²) in [5.41, 5.74) is 2.27. The summed E-state index contributed by atoms with van der Waals surface area (Å²) in [6.45, 7) is 1.95. The molecule has 3 aromatic carbocycles. The summed E-state index contributed by atoms with van der Waals surface area (Å²) in [4.78, 5) is 32.3. The van der Waals surface area contributed by atoms with Crippen molar-refractivity contribution in [3.63, 3.8) is 0 Å². The van der Waals surface area contributed by atoms with Crippen molar-refractivity contribution in [2.75, 3.05) is 12.0 Å². The molecule has 2 heterocycles. The molecule has 170 valence electrons. The fraction of sp³-hybridized carbons (Fsp3) is 0.115. The fourth-order valence-electron chi connectivity index (χ4n) is 4.05. The molecule has 1 fully saturated rings. The van der Waals surface area contributed by atoms with Crippen LogP contribution in [0, 0.1) is 12.7 Å². The molecule has 1 aliphatic rings. The van der Waals surface area contributed by atoms with Crippen LogP contribution in [-0.2, 0) is 9.59 Å². The number of amides is 1. The van der Waals surface area contributed by atoms with Crippen molar-refractivity contribution >= 4 is 44.1 Å². The van der Waals surface area contributed by atoms with Crippen molar-refractivity contribution in [1.29, 1.82) is 0 Å². The highest BCUT2D eigenvalue weighted by Crippen LogP contribution is 2.44. The number of aromatic nitrogens is 1. The van der Waals surface area contributed by atoms with Crippen molar-refractivity contribution in [3.8, 4) is 5.75 Å².